The predicted octanol–water partition coefficient (Wildman–Crippen LogP) is 3.50. The highest BCUT2D eigenvalue weighted by molar-refractivity contribution is 9.10. The number of halogens is 1. The molecular formula is C15H20BrN3S. The van der Waals surface area contributed by atoms with Gasteiger partial charge in [-0.15, -0.1) is 11.8 Å². The van der Waals surface area contributed by atoms with Crippen LogP contribution in [0.2, 0.25) is 0 Å². The van der Waals surface area contributed by atoms with Gasteiger partial charge in [-0.25, -0.2) is 4.98 Å². The summed E-state index contributed by atoms with van der Waals surface area (Å²) in [6.07, 6.45) is 5.96. The number of hydrogen-bond acceptors (Lipinski definition) is 3. The maximum absolute atomic E-state index is 4.38. The second kappa shape index (κ2) is 7.86. The summed E-state index contributed by atoms with van der Waals surface area (Å²) in [6.45, 7) is 0. The van der Waals surface area contributed by atoms with E-state index in [0.717, 1.165) is 24.4 Å². The Balaban J connectivity index is 1.84. The molecule has 1 unspecified atom stereocenters. The molecule has 1 aromatic carbocycles. The zero-order valence-corrected chi connectivity index (χ0v) is 14.2. The Morgan fingerprint density at radius 1 is 1.40 bits per heavy atom. The van der Waals surface area contributed by atoms with E-state index in [4.69, 9.17) is 0 Å². The number of aryl methyl sites for hydroxylation is 2. The van der Waals surface area contributed by atoms with Crippen LogP contribution in [0.5, 0.6) is 0 Å². The fourth-order valence-electron chi connectivity index (χ4n) is 2.00. The molecule has 0 radical (unpaired) electrons. The predicted molar refractivity (Wildman–Crippen MR) is 89.2 cm³/mol. The summed E-state index contributed by atoms with van der Waals surface area (Å²) in [5.74, 6) is 2.21. The van der Waals surface area contributed by atoms with Gasteiger partial charge in [0.05, 0.1) is 0 Å². The first kappa shape index (κ1) is 15.6. The largest absolute Gasteiger partial charge is 0.338 e. The van der Waals surface area contributed by atoms with E-state index in [1.54, 1.807) is 0 Å². The molecule has 1 heterocycles. The second-order valence-electron chi connectivity index (χ2n) is 4.72. The van der Waals surface area contributed by atoms with Crippen molar-refractivity contribution < 1.29 is 0 Å². The van der Waals surface area contributed by atoms with Gasteiger partial charge in [-0.05, 0) is 41.5 Å². The number of imidazole rings is 1. The summed E-state index contributed by atoms with van der Waals surface area (Å²) in [7, 11) is 4.08. The van der Waals surface area contributed by atoms with Crippen molar-refractivity contribution in [3.63, 3.8) is 0 Å². The van der Waals surface area contributed by atoms with E-state index >= 15 is 0 Å². The van der Waals surface area contributed by atoms with Crippen molar-refractivity contribution in [1.29, 1.82) is 0 Å². The minimum Gasteiger partial charge on any atom is -0.338 e. The van der Waals surface area contributed by atoms with Crippen molar-refractivity contribution in [2.45, 2.75) is 23.8 Å². The third kappa shape index (κ3) is 4.36. The third-order valence-corrected chi connectivity index (χ3v) is 5.51. The molecule has 108 valence electrons. The number of thioether (sulfide) groups is 1. The normalized spacial score (nSPS) is 12.6. The first-order valence-electron chi connectivity index (χ1n) is 6.71. The molecule has 2 aromatic rings. The zero-order valence-electron chi connectivity index (χ0n) is 11.8. The van der Waals surface area contributed by atoms with E-state index in [2.05, 4.69) is 49.0 Å². The van der Waals surface area contributed by atoms with Crippen LogP contribution < -0.4 is 5.32 Å². The summed E-state index contributed by atoms with van der Waals surface area (Å²) in [5, 5.41) is 3.40. The lowest BCUT2D eigenvalue weighted by molar-refractivity contribution is 0.557. The minimum atomic E-state index is 0.490. The molecule has 20 heavy (non-hydrogen) atoms. The van der Waals surface area contributed by atoms with Gasteiger partial charge in [-0.3, -0.25) is 0 Å². The first-order chi connectivity index (χ1) is 9.70. The fraction of sp³-hybridized carbons (Fsp3) is 0.400. The smallest absolute Gasteiger partial charge is 0.108 e. The molecule has 0 amide bonds. The molecule has 0 aliphatic heterocycles. The molecule has 0 bridgehead atoms. The zero-order chi connectivity index (χ0) is 14.4. The number of rotatable bonds is 7. The van der Waals surface area contributed by atoms with Crippen LogP contribution in [0.3, 0.4) is 0 Å². The highest BCUT2D eigenvalue weighted by atomic mass is 79.9. The van der Waals surface area contributed by atoms with Crippen LogP contribution in [0.15, 0.2) is 46.0 Å². The first-order valence-corrected chi connectivity index (χ1v) is 8.49. The maximum atomic E-state index is 4.38. The van der Waals surface area contributed by atoms with Gasteiger partial charge in [0.1, 0.15) is 5.82 Å². The minimum absolute atomic E-state index is 0.490. The molecule has 3 nitrogen and oxygen atoms in total. The molecule has 1 aromatic heterocycles. The average molecular weight is 354 g/mol. The van der Waals surface area contributed by atoms with Gasteiger partial charge in [0.2, 0.25) is 0 Å². The van der Waals surface area contributed by atoms with E-state index in [9.17, 15) is 0 Å². The van der Waals surface area contributed by atoms with E-state index in [-0.39, 0.29) is 0 Å². The number of nitrogens with one attached hydrogen (secondary N) is 1. The number of aromatic nitrogens is 2. The van der Waals surface area contributed by atoms with Crippen molar-refractivity contribution >= 4 is 27.7 Å². The molecule has 0 saturated carbocycles. The van der Waals surface area contributed by atoms with Gasteiger partial charge < -0.3 is 9.88 Å². The van der Waals surface area contributed by atoms with Crippen LogP contribution in [0.25, 0.3) is 0 Å². The molecular weight excluding hydrogens is 334 g/mol. The van der Waals surface area contributed by atoms with E-state index in [0.29, 0.717) is 6.04 Å². The standard InChI is InChI=1S/C15H20BrN3S/c1-17-12(7-8-15-18-9-10-19(15)2)11-20-14-6-4-3-5-13(14)16/h3-6,9-10,12,17H,7-8,11H2,1-2H3. The van der Waals surface area contributed by atoms with E-state index in [1.165, 1.54) is 9.37 Å². The Morgan fingerprint density at radius 3 is 2.85 bits per heavy atom. The Labute approximate surface area is 133 Å². The quantitative estimate of drug-likeness (QED) is 0.772. The summed E-state index contributed by atoms with van der Waals surface area (Å²) >= 11 is 5.48. The van der Waals surface area contributed by atoms with Crippen LogP contribution >= 0.6 is 27.7 Å². The Morgan fingerprint density at radius 2 is 2.20 bits per heavy atom. The lowest BCUT2D eigenvalue weighted by atomic mass is 10.2. The highest BCUT2D eigenvalue weighted by Gasteiger charge is 2.10. The molecule has 0 aliphatic rings. The van der Waals surface area contributed by atoms with Gasteiger partial charge in [-0.2, -0.15) is 0 Å². The van der Waals surface area contributed by atoms with Crippen molar-refractivity contribution in [3.05, 3.63) is 47.0 Å². The lowest BCUT2D eigenvalue weighted by Crippen LogP contribution is -2.28. The van der Waals surface area contributed by atoms with Crippen LogP contribution in [-0.4, -0.2) is 28.4 Å². The van der Waals surface area contributed by atoms with Crippen molar-refractivity contribution in [3.8, 4) is 0 Å². The summed E-state index contributed by atoms with van der Waals surface area (Å²) < 4.78 is 3.26. The fourth-order valence-corrected chi connectivity index (χ4v) is 3.73. The van der Waals surface area contributed by atoms with Gasteiger partial charge in [0.15, 0.2) is 0 Å². The molecule has 0 spiro atoms. The molecule has 0 aliphatic carbocycles. The Bertz CT molecular complexity index is 541. The molecule has 1 N–H and O–H groups in total. The monoisotopic (exact) mass is 353 g/mol. The van der Waals surface area contributed by atoms with Gasteiger partial charge in [0.25, 0.3) is 0 Å². The Hall–Kier alpha value is -0.780. The van der Waals surface area contributed by atoms with Gasteiger partial charge in [-0.1, -0.05) is 12.1 Å². The lowest BCUT2D eigenvalue weighted by Gasteiger charge is -2.16. The molecule has 5 heteroatoms. The highest BCUT2D eigenvalue weighted by Crippen LogP contribution is 2.27. The van der Waals surface area contributed by atoms with Gasteiger partial charge >= 0.3 is 0 Å². The Kier molecular flexibility index (Phi) is 6.13. The van der Waals surface area contributed by atoms with Crippen LogP contribution in [0, 0.1) is 0 Å². The van der Waals surface area contributed by atoms with Crippen molar-refractivity contribution in [1.82, 2.24) is 14.9 Å². The van der Waals surface area contributed by atoms with Crippen molar-refractivity contribution in [2.24, 2.45) is 7.05 Å². The summed E-state index contributed by atoms with van der Waals surface area (Å²) in [4.78, 5) is 5.67. The van der Waals surface area contributed by atoms with Gasteiger partial charge in [0, 0.05) is 47.0 Å². The van der Waals surface area contributed by atoms with E-state index < -0.39 is 0 Å². The number of benzene rings is 1. The topological polar surface area (TPSA) is 29.9 Å². The summed E-state index contributed by atoms with van der Waals surface area (Å²) in [5.41, 5.74) is 0. The number of hydrogen-bond donors (Lipinski definition) is 1. The SMILES string of the molecule is CNC(CCc1nccn1C)CSc1ccccc1Br. The van der Waals surface area contributed by atoms with Crippen molar-refractivity contribution in [2.75, 3.05) is 12.8 Å². The molecule has 0 fully saturated rings. The maximum Gasteiger partial charge on any atom is 0.108 e. The average Bonchev–Trinajstić information content (AvgIpc) is 2.86. The summed E-state index contributed by atoms with van der Waals surface area (Å²) in [6, 6.07) is 8.86. The van der Waals surface area contributed by atoms with Crippen LogP contribution in [0.1, 0.15) is 12.2 Å². The number of nitrogens with zero attached hydrogens (tertiary/aromatic N) is 2. The van der Waals surface area contributed by atoms with Crippen LogP contribution in [-0.2, 0) is 13.5 Å². The second-order valence-corrected chi connectivity index (χ2v) is 6.64. The molecule has 2 rings (SSSR count). The molecule has 1 atom stereocenters. The molecule has 0 saturated heterocycles. The third-order valence-electron chi connectivity index (χ3n) is 3.32. The van der Waals surface area contributed by atoms with E-state index in [1.807, 2.05) is 44.3 Å². The van der Waals surface area contributed by atoms with Crippen LogP contribution in [0.4, 0.5) is 0 Å².